The summed E-state index contributed by atoms with van der Waals surface area (Å²) in [5, 5.41) is 0. The highest BCUT2D eigenvalue weighted by Crippen LogP contribution is 2.23. The van der Waals surface area contributed by atoms with Crippen LogP contribution >= 0.6 is 0 Å². The topological polar surface area (TPSA) is 43.4 Å². The van der Waals surface area contributed by atoms with Gasteiger partial charge in [-0.25, -0.2) is 4.79 Å². The van der Waals surface area contributed by atoms with E-state index in [2.05, 4.69) is 4.74 Å². The van der Waals surface area contributed by atoms with Crippen molar-refractivity contribution in [1.82, 2.24) is 0 Å². The van der Waals surface area contributed by atoms with Crippen molar-refractivity contribution in [3.63, 3.8) is 0 Å². The maximum Gasteiger partial charge on any atom is 0.330 e. The van der Waals surface area contributed by atoms with Crippen LogP contribution in [0.15, 0.2) is 24.3 Å². The summed E-state index contributed by atoms with van der Waals surface area (Å²) in [5.41, 5.74) is 2.80. The highest BCUT2D eigenvalue weighted by Gasteiger charge is 2.18. The van der Waals surface area contributed by atoms with Gasteiger partial charge in [0, 0.05) is 18.1 Å². The molecule has 3 heteroatoms. The van der Waals surface area contributed by atoms with Gasteiger partial charge in [0.05, 0.1) is 7.11 Å². The molecule has 1 aliphatic rings. The number of hydrogen-bond acceptors (Lipinski definition) is 3. The second-order valence-electron chi connectivity index (χ2n) is 3.70. The molecule has 2 rings (SSSR count). The number of ether oxygens (including phenoxy) is 1. The number of carbonyl (C=O) groups excluding carboxylic acids is 2. The van der Waals surface area contributed by atoms with E-state index in [1.54, 1.807) is 6.08 Å². The number of methoxy groups -OCH3 is 1. The van der Waals surface area contributed by atoms with Gasteiger partial charge in [-0.2, -0.15) is 0 Å². The van der Waals surface area contributed by atoms with Gasteiger partial charge in [-0.1, -0.05) is 18.2 Å². The summed E-state index contributed by atoms with van der Waals surface area (Å²) < 4.78 is 4.50. The van der Waals surface area contributed by atoms with Crippen molar-refractivity contribution >= 4 is 17.8 Å². The number of hydrogen-bond donors (Lipinski definition) is 0. The number of esters is 1. The Labute approximate surface area is 93.7 Å². The van der Waals surface area contributed by atoms with Gasteiger partial charge in [0.1, 0.15) is 0 Å². The zero-order valence-electron chi connectivity index (χ0n) is 9.03. The highest BCUT2D eigenvalue weighted by molar-refractivity contribution is 6.00. The molecule has 1 aromatic carbocycles. The van der Waals surface area contributed by atoms with Gasteiger partial charge in [-0.3, -0.25) is 4.79 Å². The molecule has 0 aromatic heterocycles. The number of ketones is 1. The van der Waals surface area contributed by atoms with Gasteiger partial charge in [-0.05, 0) is 23.6 Å². The Morgan fingerprint density at radius 3 is 2.94 bits per heavy atom. The molecule has 0 bridgehead atoms. The number of aryl methyl sites for hydroxylation is 1. The Bertz CT molecular complexity index is 472. The first-order valence-corrected chi connectivity index (χ1v) is 5.13. The minimum Gasteiger partial charge on any atom is -0.466 e. The standard InChI is InChI=1S/C13H12O3/c1-16-13(15)7-3-9-2-5-11-10(8-9)4-6-12(11)14/h2-3,5,7-8H,4,6H2,1H3/b7-3+. The second-order valence-corrected chi connectivity index (χ2v) is 3.70. The van der Waals surface area contributed by atoms with E-state index in [0.29, 0.717) is 6.42 Å². The molecule has 1 aliphatic carbocycles. The predicted molar refractivity (Wildman–Crippen MR) is 60.1 cm³/mol. The summed E-state index contributed by atoms with van der Waals surface area (Å²) in [6, 6.07) is 5.60. The average Bonchev–Trinajstić information content (AvgIpc) is 2.67. The van der Waals surface area contributed by atoms with E-state index in [1.807, 2.05) is 18.2 Å². The van der Waals surface area contributed by atoms with Crippen molar-refractivity contribution in [1.29, 1.82) is 0 Å². The van der Waals surface area contributed by atoms with Gasteiger partial charge >= 0.3 is 5.97 Å². The molecular formula is C13H12O3. The van der Waals surface area contributed by atoms with Crippen molar-refractivity contribution in [2.75, 3.05) is 7.11 Å². The van der Waals surface area contributed by atoms with Crippen LogP contribution in [0.3, 0.4) is 0 Å². The van der Waals surface area contributed by atoms with E-state index in [-0.39, 0.29) is 11.8 Å². The van der Waals surface area contributed by atoms with Crippen LogP contribution in [0.4, 0.5) is 0 Å². The lowest BCUT2D eigenvalue weighted by Crippen LogP contribution is -1.94. The van der Waals surface area contributed by atoms with Gasteiger partial charge < -0.3 is 4.74 Å². The minimum atomic E-state index is -0.378. The zero-order chi connectivity index (χ0) is 11.5. The third-order valence-corrected chi connectivity index (χ3v) is 2.66. The first-order chi connectivity index (χ1) is 7.70. The van der Waals surface area contributed by atoms with E-state index < -0.39 is 0 Å². The Hall–Kier alpha value is -1.90. The average molecular weight is 216 g/mol. The molecule has 0 saturated heterocycles. The Morgan fingerprint density at radius 1 is 1.38 bits per heavy atom. The maximum absolute atomic E-state index is 11.4. The number of benzene rings is 1. The lowest BCUT2D eigenvalue weighted by atomic mass is 10.1. The van der Waals surface area contributed by atoms with E-state index in [4.69, 9.17) is 0 Å². The quantitative estimate of drug-likeness (QED) is 0.561. The summed E-state index contributed by atoms with van der Waals surface area (Å²) in [7, 11) is 1.34. The fraction of sp³-hybridized carbons (Fsp3) is 0.231. The summed E-state index contributed by atoms with van der Waals surface area (Å²) in [6.45, 7) is 0. The van der Waals surface area contributed by atoms with Crippen LogP contribution in [0.5, 0.6) is 0 Å². The molecule has 0 amide bonds. The van der Waals surface area contributed by atoms with Crippen LogP contribution in [0, 0.1) is 0 Å². The van der Waals surface area contributed by atoms with Crippen molar-refractivity contribution in [2.45, 2.75) is 12.8 Å². The Morgan fingerprint density at radius 2 is 2.19 bits per heavy atom. The van der Waals surface area contributed by atoms with Gasteiger partial charge in [0.25, 0.3) is 0 Å². The fourth-order valence-corrected chi connectivity index (χ4v) is 1.81. The van der Waals surface area contributed by atoms with Crippen LogP contribution < -0.4 is 0 Å². The summed E-state index contributed by atoms with van der Waals surface area (Å²) in [5.74, 6) is -0.171. The molecule has 0 radical (unpaired) electrons. The summed E-state index contributed by atoms with van der Waals surface area (Å²) in [6.07, 6.45) is 4.46. The zero-order valence-corrected chi connectivity index (χ0v) is 9.03. The van der Waals surface area contributed by atoms with Crippen molar-refractivity contribution < 1.29 is 14.3 Å². The predicted octanol–water partition coefficient (Wildman–Crippen LogP) is 2.00. The fourth-order valence-electron chi connectivity index (χ4n) is 1.81. The lowest BCUT2D eigenvalue weighted by Gasteiger charge is -1.99. The number of Topliss-reactive ketones (excluding diaryl/α,β-unsaturated/α-hetero) is 1. The SMILES string of the molecule is COC(=O)/C=C/c1ccc2c(c1)CCC2=O. The van der Waals surface area contributed by atoms with Crippen LogP contribution in [0.2, 0.25) is 0 Å². The molecule has 82 valence electrons. The molecule has 0 atom stereocenters. The molecule has 16 heavy (non-hydrogen) atoms. The Kier molecular flexibility index (Phi) is 2.86. The highest BCUT2D eigenvalue weighted by atomic mass is 16.5. The number of carbonyl (C=O) groups is 2. The molecule has 0 spiro atoms. The summed E-state index contributed by atoms with van der Waals surface area (Å²) in [4.78, 5) is 22.3. The van der Waals surface area contributed by atoms with E-state index in [1.165, 1.54) is 13.2 Å². The Balaban J connectivity index is 2.23. The first kappa shape index (κ1) is 10.6. The van der Waals surface area contributed by atoms with E-state index in [0.717, 1.165) is 23.1 Å². The second kappa shape index (κ2) is 4.31. The third-order valence-electron chi connectivity index (χ3n) is 2.66. The van der Waals surface area contributed by atoms with Crippen molar-refractivity contribution in [3.05, 3.63) is 41.0 Å². The van der Waals surface area contributed by atoms with E-state index >= 15 is 0 Å². The van der Waals surface area contributed by atoms with Gasteiger partial charge in [-0.15, -0.1) is 0 Å². The van der Waals surface area contributed by atoms with Crippen molar-refractivity contribution in [2.24, 2.45) is 0 Å². The van der Waals surface area contributed by atoms with Crippen molar-refractivity contribution in [3.8, 4) is 0 Å². The third kappa shape index (κ3) is 2.03. The monoisotopic (exact) mass is 216 g/mol. The van der Waals surface area contributed by atoms with E-state index in [9.17, 15) is 9.59 Å². The van der Waals surface area contributed by atoms with Crippen LogP contribution in [0.25, 0.3) is 6.08 Å². The molecule has 0 fully saturated rings. The van der Waals surface area contributed by atoms with Crippen LogP contribution in [-0.2, 0) is 16.0 Å². The minimum absolute atomic E-state index is 0.207. The maximum atomic E-state index is 11.4. The molecule has 0 aliphatic heterocycles. The normalized spacial score (nSPS) is 14.2. The molecular weight excluding hydrogens is 204 g/mol. The lowest BCUT2D eigenvalue weighted by molar-refractivity contribution is -0.134. The molecule has 1 aromatic rings. The van der Waals surface area contributed by atoms with Crippen LogP contribution in [0.1, 0.15) is 27.9 Å². The summed E-state index contributed by atoms with van der Waals surface area (Å²) >= 11 is 0. The molecule has 0 unspecified atom stereocenters. The number of rotatable bonds is 2. The largest absolute Gasteiger partial charge is 0.466 e. The van der Waals surface area contributed by atoms with Crippen LogP contribution in [-0.4, -0.2) is 18.9 Å². The van der Waals surface area contributed by atoms with Gasteiger partial charge in [0.15, 0.2) is 5.78 Å². The molecule has 0 saturated carbocycles. The molecule has 0 N–H and O–H groups in total. The first-order valence-electron chi connectivity index (χ1n) is 5.13. The van der Waals surface area contributed by atoms with Gasteiger partial charge in [0.2, 0.25) is 0 Å². The molecule has 0 heterocycles. The number of fused-ring (bicyclic) bond motifs is 1. The molecule has 3 nitrogen and oxygen atoms in total. The smallest absolute Gasteiger partial charge is 0.330 e.